The Balaban J connectivity index is 1.51. The number of nitrogens with two attached hydrogens (primary N) is 1. The van der Waals surface area contributed by atoms with E-state index in [2.05, 4.69) is 15.5 Å². The molecule has 3 rings (SSSR count). The highest BCUT2D eigenvalue weighted by atomic mass is 16.3. The van der Waals surface area contributed by atoms with Crippen molar-refractivity contribution in [3.63, 3.8) is 0 Å². The summed E-state index contributed by atoms with van der Waals surface area (Å²) in [5.41, 5.74) is 0.852. The van der Waals surface area contributed by atoms with E-state index in [0.29, 0.717) is 24.9 Å². The van der Waals surface area contributed by atoms with Crippen LogP contribution in [0.4, 0.5) is 10.5 Å². The third-order valence-electron chi connectivity index (χ3n) is 4.56. The van der Waals surface area contributed by atoms with Crippen LogP contribution in [-0.2, 0) is 0 Å². The van der Waals surface area contributed by atoms with Crippen molar-refractivity contribution in [2.24, 2.45) is 0 Å². The maximum Gasteiger partial charge on any atom is 0.317 e. The molecule has 6 nitrogen and oxygen atoms in total. The lowest BCUT2D eigenvalue weighted by molar-refractivity contribution is -0.663. The van der Waals surface area contributed by atoms with Crippen LogP contribution >= 0.6 is 0 Å². The number of rotatable bonds is 2. The Morgan fingerprint density at radius 3 is 2.50 bits per heavy atom. The Morgan fingerprint density at radius 2 is 1.82 bits per heavy atom. The van der Waals surface area contributed by atoms with Gasteiger partial charge in [0.05, 0.1) is 18.8 Å². The van der Waals surface area contributed by atoms with Crippen molar-refractivity contribution in [1.82, 2.24) is 10.2 Å². The molecule has 0 bridgehead atoms. The summed E-state index contributed by atoms with van der Waals surface area (Å²) >= 11 is 0. The van der Waals surface area contributed by atoms with E-state index in [9.17, 15) is 9.90 Å². The largest absolute Gasteiger partial charge is 0.506 e. The molecule has 0 spiro atoms. The third kappa shape index (κ3) is 3.44. The fourth-order valence-corrected chi connectivity index (χ4v) is 3.22. The average molecular weight is 305 g/mol. The van der Waals surface area contributed by atoms with E-state index >= 15 is 0 Å². The summed E-state index contributed by atoms with van der Waals surface area (Å²) in [6.07, 6.45) is 2.12. The molecule has 0 aromatic heterocycles. The lowest BCUT2D eigenvalue weighted by atomic mass is 10.1. The molecule has 120 valence electrons. The molecule has 2 heterocycles. The highest BCUT2D eigenvalue weighted by Gasteiger charge is 2.25. The molecule has 4 N–H and O–H groups in total. The van der Waals surface area contributed by atoms with E-state index in [-0.39, 0.29) is 6.03 Å². The summed E-state index contributed by atoms with van der Waals surface area (Å²) in [6.45, 7) is 5.10. The van der Waals surface area contributed by atoms with E-state index in [0.717, 1.165) is 44.7 Å². The number of aromatic hydroxyl groups is 1. The Labute approximate surface area is 131 Å². The van der Waals surface area contributed by atoms with Gasteiger partial charge < -0.3 is 25.5 Å². The topological polar surface area (TPSA) is 72.4 Å². The molecule has 6 heteroatoms. The monoisotopic (exact) mass is 305 g/mol. The number of carbonyl (C=O) groups is 1. The molecule has 1 aromatic carbocycles. The predicted octanol–water partition coefficient (Wildman–Crippen LogP) is -0.0504. The van der Waals surface area contributed by atoms with Crippen molar-refractivity contribution in [3.8, 4) is 5.75 Å². The number of piperazine rings is 1. The molecule has 2 aliphatic heterocycles. The Kier molecular flexibility index (Phi) is 4.68. The van der Waals surface area contributed by atoms with Gasteiger partial charge in [0.25, 0.3) is 0 Å². The first-order valence-electron chi connectivity index (χ1n) is 8.14. The SMILES string of the molecule is O=C(NC1CC[NH2+]CC1)N1CCN(c2ccccc2O)CC1. The highest BCUT2D eigenvalue weighted by molar-refractivity contribution is 5.75. The molecule has 22 heavy (non-hydrogen) atoms. The van der Waals surface area contributed by atoms with Crippen LogP contribution in [0.5, 0.6) is 5.75 Å². The number of urea groups is 1. The summed E-state index contributed by atoms with van der Waals surface area (Å²) in [6, 6.07) is 7.76. The number of nitrogens with one attached hydrogen (secondary N) is 1. The van der Waals surface area contributed by atoms with Gasteiger partial charge in [-0.1, -0.05) is 12.1 Å². The summed E-state index contributed by atoms with van der Waals surface area (Å²) in [5, 5.41) is 15.4. The van der Waals surface area contributed by atoms with Crippen molar-refractivity contribution in [2.75, 3.05) is 44.2 Å². The number of phenols is 1. The fraction of sp³-hybridized carbons (Fsp3) is 0.562. The Morgan fingerprint density at radius 1 is 1.14 bits per heavy atom. The lowest BCUT2D eigenvalue weighted by Crippen LogP contribution is -2.87. The third-order valence-corrected chi connectivity index (χ3v) is 4.56. The van der Waals surface area contributed by atoms with Gasteiger partial charge in [-0.3, -0.25) is 0 Å². The second-order valence-electron chi connectivity index (χ2n) is 6.05. The minimum atomic E-state index is 0.0591. The van der Waals surface area contributed by atoms with Gasteiger partial charge >= 0.3 is 6.03 Å². The molecule has 0 atom stereocenters. The van der Waals surface area contributed by atoms with Crippen LogP contribution in [0, 0.1) is 0 Å². The van der Waals surface area contributed by atoms with Gasteiger partial charge in [0.2, 0.25) is 0 Å². The van der Waals surface area contributed by atoms with Crippen LogP contribution < -0.4 is 15.5 Å². The molecule has 0 unspecified atom stereocenters. The quantitative estimate of drug-likeness (QED) is 0.717. The van der Waals surface area contributed by atoms with Gasteiger partial charge in [-0.25, -0.2) is 4.79 Å². The van der Waals surface area contributed by atoms with Gasteiger partial charge in [-0.15, -0.1) is 0 Å². The van der Waals surface area contributed by atoms with Crippen LogP contribution in [0.3, 0.4) is 0 Å². The minimum absolute atomic E-state index is 0.0591. The number of benzene rings is 1. The molecule has 1 aromatic rings. The number of hydrogen-bond donors (Lipinski definition) is 3. The summed E-state index contributed by atoms with van der Waals surface area (Å²) < 4.78 is 0. The number of para-hydroxylation sites is 2. The number of anilines is 1. The van der Waals surface area contributed by atoms with Gasteiger partial charge in [0.15, 0.2) is 0 Å². The van der Waals surface area contributed by atoms with Crippen molar-refractivity contribution in [2.45, 2.75) is 18.9 Å². The standard InChI is InChI=1S/C16H24N4O2/c21-15-4-2-1-3-14(15)19-9-11-20(12-10-19)16(22)18-13-5-7-17-8-6-13/h1-4,13,17,21H,5-12H2,(H,18,22)/p+1. The van der Waals surface area contributed by atoms with E-state index < -0.39 is 0 Å². The number of quaternary nitrogens is 1. The molecule has 2 aliphatic rings. The smallest absolute Gasteiger partial charge is 0.317 e. The normalized spacial score (nSPS) is 20.0. The van der Waals surface area contributed by atoms with Crippen LogP contribution in [0.1, 0.15) is 12.8 Å². The minimum Gasteiger partial charge on any atom is -0.506 e. The van der Waals surface area contributed by atoms with Crippen molar-refractivity contribution < 1.29 is 15.2 Å². The molecule has 2 fully saturated rings. The highest BCUT2D eigenvalue weighted by Crippen LogP contribution is 2.27. The number of amides is 2. The summed E-state index contributed by atoms with van der Waals surface area (Å²) in [7, 11) is 0. The van der Waals surface area contributed by atoms with Crippen molar-refractivity contribution in [1.29, 1.82) is 0 Å². The zero-order valence-corrected chi connectivity index (χ0v) is 12.9. The molecule has 0 aliphatic carbocycles. The maximum absolute atomic E-state index is 12.3. The van der Waals surface area contributed by atoms with Crippen molar-refractivity contribution >= 4 is 11.7 Å². The first kappa shape index (κ1) is 15.0. The first-order valence-corrected chi connectivity index (χ1v) is 8.14. The van der Waals surface area contributed by atoms with Gasteiger partial charge in [0, 0.05) is 45.1 Å². The van der Waals surface area contributed by atoms with Crippen LogP contribution in [0.15, 0.2) is 24.3 Å². The average Bonchev–Trinajstić information content (AvgIpc) is 2.56. The number of nitrogens with zero attached hydrogens (tertiary/aromatic N) is 2. The fourth-order valence-electron chi connectivity index (χ4n) is 3.22. The number of piperidine rings is 1. The molecule has 2 amide bonds. The molecular formula is C16H25N4O2+. The van der Waals surface area contributed by atoms with Gasteiger partial charge in [-0.05, 0) is 12.1 Å². The van der Waals surface area contributed by atoms with Gasteiger partial charge in [-0.2, -0.15) is 0 Å². The molecule has 2 saturated heterocycles. The zero-order chi connectivity index (χ0) is 15.4. The van der Waals surface area contributed by atoms with E-state index in [1.54, 1.807) is 6.07 Å². The van der Waals surface area contributed by atoms with Crippen LogP contribution in [0.2, 0.25) is 0 Å². The van der Waals surface area contributed by atoms with E-state index in [1.165, 1.54) is 0 Å². The number of phenolic OH excluding ortho intramolecular Hbond substituents is 1. The van der Waals surface area contributed by atoms with Crippen LogP contribution in [-0.4, -0.2) is 61.3 Å². The molecule has 0 radical (unpaired) electrons. The zero-order valence-electron chi connectivity index (χ0n) is 12.9. The Hall–Kier alpha value is -1.95. The predicted molar refractivity (Wildman–Crippen MR) is 85.1 cm³/mol. The summed E-state index contributed by atoms with van der Waals surface area (Å²) in [5.74, 6) is 0.304. The van der Waals surface area contributed by atoms with E-state index in [1.807, 2.05) is 23.1 Å². The number of hydrogen-bond acceptors (Lipinski definition) is 3. The molecular weight excluding hydrogens is 280 g/mol. The van der Waals surface area contributed by atoms with E-state index in [4.69, 9.17) is 0 Å². The van der Waals surface area contributed by atoms with Crippen molar-refractivity contribution in [3.05, 3.63) is 24.3 Å². The summed E-state index contributed by atoms with van der Waals surface area (Å²) in [4.78, 5) is 16.3. The Bertz CT molecular complexity index is 509. The first-order chi connectivity index (χ1) is 10.7. The lowest BCUT2D eigenvalue weighted by Gasteiger charge is -2.37. The second-order valence-corrected chi connectivity index (χ2v) is 6.05. The maximum atomic E-state index is 12.3. The van der Waals surface area contributed by atoms with Gasteiger partial charge in [0.1, 0.15) is 5.75 Å². The number of carbonyl (C=O) groups excluding carboxylic acids is 1. The molecule has 0 saturated carbocycles. The second kappa shape index (κ2) is 6.87. The van der Waals surface area contributed by atoms with Crippen LogP contribution in [0.25, 0.3) is 0 Å².